The summed E-state index contributed by atoms with van der Waals surface area (Å²) in [5.41, 5.74) is 3.24. The fourth-order valence-electron chi connectivity index (χ4n) is 3.22. The third kappa shape index (κ3) is 5.37. The minimum Gasteiger partial charge on any atom is -0.308 e. The van der Waals surface area contributed by atoms with E-state index in [1.54, 1.807) is 60.7 Å². The van der Waals surface area contributed by atoms with Crippen LogP contribution >= 0.6 is 22.9 Å². The van der Waals surface area contributed by atoms with Gasteiger partial charge in [0.1, 0.15) is 0 Å². The first-order valence-corrected chi connectivity index (χ1v) is 12.6. The second-order valence-electron chi connectivity index (χ2n) is 7.05. The fraction of sp³-hybridized carbons (Fsp3) is 0.0417. The number of thiophene rings is 1. The highest BCUT2D eigenvalue weighted by Crippen LogP contribution is 2.33. The first-order chi connectivity index (χ1) is 15.4. The Labute approximate surface area is 195 Å². The molecule has 3 aromatic carbocycles. The molecule has 4 rings (SSSR count). The van der Waals surface area contributed by atoms with Gasteiger partial charge in [0.2, 0.25) is 0 Å². The first kappa shape index (κ1) is 22.1. The van der Waals surface area contributed by atoms with Crippen molar-refractivity contribution in [2.45, 2.75) is 10.6 Å². The topological polar surface area (TPSA) is 75.3 Å². The zero-order valence-electron chi connectivity index (χ0n) is 16.8. The van der Waals surface area contributed by atoms with Gasteiger partial charge in [-0.25, -0.2) is 13.2 Å². The van der Waals surface area contributed by atoms with Crippen LogP contribution in [-0.2, 0) is 15.6 Å². The molecule has 0 bridgehead atoms. The number of amides is 2. The maximum Gasteiger partial charge on any atom is 0.323 e. The Morgan fingerprint density at radius 1 is 0.906 bits per heavy atom. The molecule has 1 aromatic heterocycles. The predicted octanol–water partition coefficient (Wildman–Crippen LogP) is 6.69. The second kappa shape index (κ2) is 9.56. The monoisotopic (exact) mass is 482 g/mol. The summed E-state index contributed by atoms with van der Waals surface area (Å²) in [6.07, 6.45) is 0. The standard InChI is InChI=1S/C24H19ClN2O3S2/c25-19-7-4-8-20(13-19)26-24(28)27-23-14-21(9-10-22(23)18-11-12-31-15-18)32(29,30)16-17-5-2-1-3-6-17/h1-15H,16H2,(H2,26,27,28). The van der Waals surface area contributed by atoms with Crippen molar-refractivity contribution in [3.8, 4) is 11.1 Å². The molecule has 0 aliphatic heterocycles. The molecule has 0 aliphatic rings. The highest BCUT2D eigenvalue weighted by Gasteiger charge is 2.19. The Bertz CT molecular complexity index is 1340. The number of halogens is 1. The summed E-state index contributed by atoms with van der Waals surface area (Å²) in [4.78, 5) is 12.8. The van der Waals surface area contributed by atoms with Gasteiger partial charge in [0.05, 0.1) is 16.3 Å². The Hall–Kier alpha value is -3.13. The van der Waals surface area contributed by atoms with E-state index in [1.165, 1.54) is 17.4 Å². The Kier molecular flexibility index (Phi) is 6.60. The number of benzene rings is 3. The lowest BCUT2D eigenvalue weighted by molar-refractivity contribution is 0.262. The van der Waals surface area contributed by atoms with E-state index in [-0.39, 0.29) is 10.6 Å². The van der Waals surface area contributed by atoms with Crippen molar-refractivity contribution in [2.24, 2.45) is 0 Å². The number of carbonyl (C=O) groups excluding carboxylic acids is 1. The van der Waals surface area contributed by atoms with Crippen LogP contribution in [0.4, 0.5) is 16.2 Å². The molecule has 32 heavy (non-hydrogen) atoms. The van der Waals surface area contributed by atoms with E-state index >= 15 is 0 Å². The van der Waals surface area contributed by atoms with Crippen LogP contribution in [0.3, 0.4) is 0 Å². The summed E-state index contributed by atoms with van der Waals surface area (Å²) in [6.45, 7) is 0. The van der Waals surface area contributed by atoms with Gasteiger partial charge in [0.15, 0.2) is 9.84 Å². The Morgan fingerprint density at radius 2 is 1.72 bits per heavy atom. The van der Waals surface area contributed by atoms with Crippen molar-refractivity contribution in [1.29, 1.82) is 0 Å². The number of anilines is 2. The summed E-state index contributed by atoms with van der Waals surface area (Å²) in [6, 6.07) is 22.0. The SMILES string of the molecule is O=C(Nc1cccc(Cl)c1)Nc1cc(S(=O)(=O)Cc2ccccc2)ccc1-c1ccsc1. The Balaban J connectivity index is 1.65. The van der Waals surface area contributed by atoms with Gasteiger partial charge < -0.3 is 10.6 Å². The maximum atomic E-state index is 13.0. The molecular weight excluding hydrogens is 464 g/mol. The van der Waals surface area contributed by atoms with E-state index in [2.05, 4.69) is 10.6 Å². The van der Waals surface area contributed by atoms with Crippen LogP contribution in [-0.4, -0.2) is 14.4 Å². The van der Waals surface area contributed by atoms with Gasteiger partial charge in [-0.2, -0.15) is 11.3 Å². The van der Waals surface area contributed by atoms with Crippen molar-refractivity contribution < 1.29 is 13.2 Å². The molecule has 0 radical (unpaired) electrons. The Morgan fingerprint density at radius 3 is 2.44 bits per heavy atom. The van der Waals surface area contributed by atoms with Crippen molar-refractivity contribution in [3.63, 3.8) is 0 Å². The van der Waals surface area contributed by atoms with Crippen molar-refractivity contribution in [1.82, 2.24) is 0 Å². The molecule has 8 heteroatoms. The third-order valence-electron chi connectivity index (χ3n) is 4.71. The highest BCUT2D eigenvalue weighted by atomic mass is 35.5. The molecule has 0 saturated carbocycles. The number of sulfone groups is 1. The number of urea groups is 1. The molecular formula is C24H19ClN2O3S2. The average Bonchev–Trinajstić information content (AvgIpc) is 3.29. The molecule has 0 fully saturated rings. The van der Waals surface area contributed by atoms with Gasteiger partial charge in [-0.3, -0.25) is 0 Å². The molecule has 2 N–H and O–H groups in total. The summed E-state index contributed by atoms with van der Waals surface area (Å²) < 4.78 is 26.0. The van der Waals surface area contributed by atoms with Gasteiger partial charge >= 0.3 is 6.03 Å². The number of rotatable bonds is 6. The van der Waals surface area contributed by atoms with Gasteiger partial charge in [0.25, 0.3) is 0 Å². The number of nitrogens with one attached hydrogen (secondary N) is 2. The largest absolute Gasteiger partial charge is 0.323 e. The van der Waals surface area contributed by atoms with E-state index in [0.717, 1.165) is 11.1 Å². The van der Waals surface area contributed by atoms with Crippen LogP contribution in [0.1, 0.15) is 5.56 Å². The summed E-state index contributed by atoms with van der Waals surface area (Å²) in [5.74, 6) is -0.125. The second-order valence-corrected chi connectivity index (χ2v) is 10.3. The van der Waals surface area contributed by atoms with Crippen LogP contribution in [0.25, 0.3) is 11.1 Å². The van der Waals surface area contributed by atoms with E-state index in [9.17, 15) is 13.2 Å². The number of hydrogen-bond acceptors (Lipinski definition) is 4. The quantitative estimate of drug-likeness (QED) is 0.321. The lowest BCUT2D eigenvalue weighted by Gasteiger charge is -2.14. The molecule has 4 aromatic rings. The zero-order valence-corrected chi connectivity index (χ0v) is 19.2. The number of hydrogen-bond donors (Lipinski definition) is 2. The van der Waals surface area contributed by atoms with Crippen molar-refractivity contribution >= 4 is 50.2 Å². The molecule has 5 nitrogen and oxygen atoms in total. The van der Waals surface area contributed by atoms with E-state index in [1.807, 2.05) is 22.9 Å². The normalized spacial score (nSPS) is 11.2. The highest BCUT2D eigenvalue weighted by molar-refractivity contribution is 7.90. The summed E-state index contributed by atoms with van der Waals surface area (Å²) in [5, 5.41) is 9.87. The molecule has 0 saturated heterocycles. The predicted molar refractivity (Wildman–Crippen MR) is 131 cm³/mol. The first-order valence-electron chi connectivity index (χ1n) is 9.67. The molecule has 2 amide bonds. The van der Waals surface area contributed by atoms with Crippen molar-refractivity contribution in [2.75, 3.05) is 10.6 Å². The minimum absolute atomic E-state index is 0.125. The van der Waals surface area contributed by atoms with Crippen LogP contribution in [0.15, 0.2) is 94.5 Å². The molecule has 0 spiro atoms. The maximum absolute atomic E-state index is 13.0. The van der Waals surface area contributed by atoms with Crippen LogP contribution in [0, 0.1) is 0 Å². The molecule has 1 heterocycles. The molecule has 0 atom stereocenters. The van der Waals surface area contributed by atoms with Gasteiger partial charge in [-0.15, -0.1) is 0 Å². The van der Waals surface area contributed by atoms with Crippen LogP contribution < -0.4 is 10.6 Å². The third-order valence-corrected chi connectivity index (χ3v) is 7.32. The molecule has 0 aliphatic carbocycles. The fourth-order valence-corrected chi connectivity index (χ4v) is 5.43. The van der Waals surface area contributed by atoms with E-state index in [4.69, 9.17) is 11.6 Å². The van der Waals surface area contributed by atoms with Crippen LogP contribution in [0.2, 0.25) is 5.02 Å². The smallest absolute Gasteiger partial charge is 0.308 e. The van der Waals surface area contributed by atoms with Crippen molar-refractivity contribution in [3.05, 3.63) is 100 Å². The number of carbonyl (C=O) groups is 1. The summed E-state index contributed by atoms with van der Waals surface area (Å²) >= 11 is 7.50. The summed E-state index contributed by atoms with van der Waals surface area (Å²) in [7, 11) is -3.61. The van der Waals surface area contributed by atoms with E-state index in [0.29, 0.717) is 22.0 Å². The van der Waals surface area contributed by atoms with Gasteiger partial charge in [-0.1, -0.05) is 54.1 Å². The average molecular weight is 483 g/mol. The molecule has 0 unspecified atom stereocenters. The lowest BCUT2D eigenvalue weighted by Crippen LogP contribution is -2.20. The van der Waals surface area contributed by atoms with Gasteiger partial charge in [-0.05, 0) is 58.3 Å². The lowest BCUT2D eigenvalue weighted by atomic mass is 10.1. The van der Waals surface area contributed by atoms with Crippen LogP contribution in [0.5, 0.6) is 0 Å². The molecule has 162 valence electrons. The zero-order chi connectivity index (χ0) is 22.6. The van der Waals surface area contributed by atoms with Gasteiger partial charge in [0, 0.05) is 16.3 Å². The van der Waals surface area contributed by atoms with E-state index < -0.39 is 15.9 Å². The minimum atomic E-state index is -3.61.